The lowest BCUT2D eigenvalue weighted by atomic mass is 10.1. The SMILES string of the molecule is Cc1ccc(-c2cc3c(=O)n(-c4ccc5c(cnn5CCN5CCCC5)c4)ccc3o2)cc1. The van der Waals surface area contributed by atoms with E-state index >= 15 is 0 Å². The first-order valence-corrected chi connectivity index (χ1v) is 11.6. The van der Waals surface area contributed by atoms with Crippen LogP contribution in [0.1, 0.15) is 18.4 Å². The highest BCUT2D eigenvalue weighted by atomic mass is 16.3. The fourth-order valence-electron chi connectivity index (χ4n) is 4.74. The topological polar surface area (TPSA) is 56.2 Å². The number of benzene rings is 2. The average molecular weight is 439 g/mol. The Kier molecular flexibility index (Phi) is 4.88. The zero-order chi connectivity index (χ0) is 22.4. The van der Waals surface area contributed by atoms with E-state index in [1.807, 2.05) is 54.7 Å². The first-order chi connectivity index (χ1) is 16.2. The zero-order valence-electron chi connectivity index (χ0n) is 18.7. The van der Waals surface area contributed by atoms with Crippen LogP contribution in [0, 0.1) is 6.92 Å². The van der Waals surface area contributed by atoms with Crippen molar-refractivity contribution in [1.29, 1.82) is 0 Å². The predicted octanol–water partition coefficient (Wildman–Crippen LogP) is 5.00. The standard InChI is InChI=1S/C27H26N4O2/c1-19-4-6-20(7-5-19)26-17-23-25(33-26)10-13-30(27(23)32)22-8-9-24-21(16-22)18-28-31(24)15-14-29-11-2-3-12-29/h4-10,13,16-18H,2-3,11-12,14-15H2,1H3. The highest BCUT2D eigenvalue weighted by molar-refractivity contribution is 5.83. The molecule has 0 amide bonds. The minimum absolute atomic E-state index is 0.0876. The summed E-state index contributed by atoms with van der Waals surface area (Å²) in [6, 6.07) is 17.9. The largest absolute Gasteiger partial charge is 0.456 e. The summed E-state index contributed by atoms with van der Waals surface area (Å²) in [7, 11) is 0. The zero-order valence-corrected chi connectivity index (χ0v) is 18.7. The van der Waals surface area contributed by atoms with Crippen molar-refractivity contribution in [2.75, 3.05) is 19.6 Å². The van der Waals surface area contributed by atoms with E-state index in [-0.39, 0.29) is 5.56 Å². The maximum Gasteiger partial charge on any atom is 0.266 e. The Balaban J connectivity index is 1.32. The molecule has 33 heavy (non-hydrogen) atoms. The maximum absolute atomic E-state index is 13.3. The second-order valence-electron chi connectivity index (χ2n) is 8.91. The second-order valence-corrected chi connectivity index (χ2v) is 8.91. The molecule has 6 heteroatoms. The number of nitrogens with zero attached hydrogens (tertiary/aromatic N) is 4. The molecule has 6 rings (SSSR count). The molecule has 0 unspecified atom stereocenters. The summed E-state index contributed by atoms with van der Waals surface area (Å²) < 4.78 is 9.72. The fourth-order valence-corrected chi connectivity index (χ4v) is 4.74. The van der Waals surface area contributed by atoms with E-state index in [9.17, 15) is 4.79 Å². The van der Waals surface area contributed by atoms with Crippen molar-refractivity contribution < 1.29 is 4.42 Å². The molecule has 0 saturated carbocycles. The molecule has 6 nitrogen and oxygen atoms in total. The molecule has 3 aromatic heterocycles. The molecular weight excluding hydrogens is 412 g/mol. The normalized spacial score (nSPS) is 14.6. The van der Waals surface area contributed by atoms with Gasteiger partial charge >= 0.3 is 0 Å². The van der Waals surface area contributed by atoms with Crippen LogP contribution in [-0.4, -0.2) is 38.9 Å². The molecule has 2 aromatic carbocycles. The number of rotatable bonds is 5. The molecule has 0 aliphatic carbocycles. The third kappa shape index (κ3) is 3.66. The van der Waals surface area contributed by atoms with E-state index in [0.29, 0.717) is 16.7 Å². The molecule has 1 saturated heterocycles. The minimum atomic E-state index is -0.0876. The Labute approximate surface area is 191 Å². The van der Waals surface area contributed by atoms with Crippen LogP contribution in [0.5, 0.6) is 0 Å². The van der Waals surface area contributed by atoms with Crippen LogP contribution in [0.2, 0.25) is 0 Å². The van der Waals surface area contributed by atoms with Gasteiger partial charge in [0, 0.05) is 29.4 Å². The van der Waals surface area contributed by atoms with Crippen molar-refractivity contribution >= 4 is 21.9 Å². The Morgan fingerprint density at radius 3 is 2.61 bits per heavy atom. The van der Waals surface area contributed by atoms with Gasteiger partial charge in [0.25, 0.3) is 5.56 Å². The van der Waals surface area contributed by atoms with Gasteiger partial charge in [0.05, 0.1) is 23.6 Å². The molecule has 1 aliphatic heterocycles. The number of likely N-dealkylation sites (tertiary alicyclic amines) is 1. The molecule has 0 radical (unpaired) electrons. The second kappa shape index (κ2) is 8.05. The number of hydrogen-bond acceptors (Lipinski definition) is 4. The first kappa shape index (κ1) is 20.0. The lowest BCUT2D eigenvalue weighted by molar-refractivity contribution is 0.318. The van der Waals surface area contributed by atoms with Crippen LogP contribution in [-0.2, 0) is 6.54 Å². The number of hydrogen-bond donors (Lipinski definition) is 0. The molecule has 1 aliphatic rings. The molecule has 166 valence electrons. The Morgan fingerprint density at radius 2 is 1.79 bits per heavy atom. The average Bonchev–Trinajstić information content (AvgIpc) is 3.58. The highest BCUT2D eigenvalue weighted by Crippen LogP contribution is 2.27. The Morgan fingerprint density at radius 1 is 0.970 bits per heavy atom. The predicted molar refractivity (Wildman–Crippen MR) is 131 cm³/mol. The summed E-state index contributed by atoms with van der Waals surface area (Å²) in [5, 5.41) is 6.21. The molecule has 1 fully saturated rings. The molecular formula is C27H26N4O2. The van der Waals surface area contributed by atoms with Gasteiger partial charge in [-0.15, -0.1) is 0 Å². The van der Waals surface area contributed by atoms with E-state index in [0.717, 1.165) is 35.2 Å². The summed E-state index contributed by atoms with van der Waals surface area (Å²) in [6.45, 7) is 6.34. The maximum atomic E-state index is 13.3. The lowest BCUT2D eigenvalue weighted by Gasteiger charge is -2.14. The highest BCUT2D eigenvalue weighted by Gasteiger charge is 2.14. The number of aromatic nitrogens is 3. The number of aryl methyl sites for hydroxylation is 1. The number of pyridine rings is 1. The van der Waals surface area contributed by atoms with Crippen LogP contribution < -0.4 is 5.56 Å². The van der Waals surface area contributed by atoms with Gasteiger partial charge in [0.2, 0.25) is 0 Å². The van der Waals surface area contributed by atoms with Crippen molar-refractivity contribution in [1.82, 2.24) is 19.2 Å². The van der Waals surface area contributed by atoms with Gasteiger partial charge in [-0.1, -0.05) is 29.8 Å². The lowest BCUT2D eigenvalue weighted by Crippen LogP contribution is -2.24. The van der Waals surface area contributed by atoms with Crippen LogP contribution in [0.15, 0.2) is 76.2 Å². The monoisotopic (exact) mass is 438 g/mol. The summed E-state index contributed by atoms with van der Waals surface area (Å²) in [5.41, 5.74) is 4.58. The summed E-state index contributed by atoms with van der Waals surface area (Å²) in [5.74, 6) is 0.703. The Bertz CT molecular complexity index is 1500. The van der Waals surface area contributed by atoms with Crippen molar-refractivity contribution in [2.24, 2.45) is 0 Å². The number of fused-ring (bicyclic) bond motifs is 2. The smallest absolute Gasteiger partial charge is 0.266 e. The van der Waals surface area contributed by atoms with Crippen LogP contribution in [0.25, 0.3) is 38.9 Å². The quantitative estimate of drug-likeness (QED) is 0.387. The van der Waals surface area contributed by atoms with Gasteiger partial charge in [-0.2, -0.15) is 5.10 Å². The van der Waals surface area contributed by atoms with E-state index in [2.05, 4.69) is 27.7 Å². The summed E-state index contributed by atoms with van der Waals surface area (Å²) in [6.07, 6.45) is 6.27. The van der Waals surface area contributed by atoms with Gasteiger partial charge < -0.3 is 9.32 Å². The van der Waals surface area contributed by atoms with Crippen LogP contribution in [0.3, 0.4) is 0 Å². The first-order valence-electron chi connectivity index (χ1n) is 11.6. The van der Waals surface area contributed by atoms with Gasteiger partial charge in [-0.05, 0) is 63.2 Å². The van der Waals surface area contributed by atoms with Crippen molar-refractivity contribution in [2.45, 2.75) is 26.3 Å². The van der Waals surface area contributed by atoms with E-state index in [4.69, 9.17) is 4.42 Å². The van der Waals surface area contributed by atoms with Gasteiger partial charge in [0.15, 0.2) is 0 Å². The van der Waals surface area contributed by atoms with Gasteiger partial charge in [-0.3, -0.25) is 14.0 Å². The van der Waals surface area contributed by atoms with Crippen LogP contribution in [0.4, 0.5) is 0 Å². The van der Waals surface area contributed by atoms with E-state index < -0.39 is 0 Å². The molecule has 0 spiro atoms. The fraction of sp³-hybridized carbons (Fsp3) is 0.259. The minimum Gasteiger partial charge on any atom is -0.456 e. The third-order valence-corrected chi connectivity index (χ3v) is 6.65. The summed E-state index contributed by atoms with van der Waals surface area (Å²) in [4.78, 5) is 15.8. The molecule has 0 N–H and O–H groups in total. The third-order valence-electron chi connectivity index (χ3n) is 6.65. The molecule has 0 bridgehead atoms. The van der Waals surface area contributed by atoms with Crippen LogP contribution >= 0.6 is 0 Å². The van der Waals surface area contributed by atoms with Gasteiger partial charge in [-0.25, -0.2) is 0 Å². The van der Waals surface area contributed by atoms with E-state index in [1.165, 1.54) is 31.5 Å². The van der Waals surface area contributed by atoms with Gasteiger partial charge in [0.1, 0.15) is 11.3 Å². The molecule has 4 heterocycles. The Hall–Kier alpha value is -3.64. The van der Waals surface area contributed by atoms with Crippen molar-refractivity contribution in [3.63, 3.8) is 0 Å². The molecule has 0 atom stereocenters. The van der Waals surface area contributed by atoms with E-state index in [1.54, 1.807) is 10.8 Å². The summed E-state index contributed by atoms with van der Waals surface area (Å²) >= 11 is 0. The van der Waals surface area contributed by atoms with Crippen molar-refractivity contribution in [3.8, 4) is 17.0 Å². The number of furan rings is 1. The van der Waals surface area contributed by atoms with Crippen molar-refractivity contribution in [3.05, 3.63) is 82.9 Å². The molecule has 5 aromatic rings.